The van der Waals surface area contributed by atoms with Crippen LogP contribution < -0.4 is 16.4 Å². The zero-order valence-electron chi connectivity index (χ0n) is 11.5. The van der Waals surface area contributed by atoms with Crippen molar-refractivity contribution in [3.8, 4) is 0 Å². The summed E-state index contributed by atoms with van der Waals surface area (Å²) in [5.74, 6) is 0.764. The third-order valence-corrected chi connectivity index (χ3v) is 3.86. The second-order valence-corrected chi connectivity index (χ2v) is 5.25. The van der Waals surface area contributed by atoms with Crippen molar-refractivity contribution in [1.82, 2.24) is 5.32 Å². The van der Waals surface area contributed by atoms with E-state index in [2.05, 4.69) is 10.6 Å². The Morgan fingerprint density at radius 2 is 2.11 bits per heavy atom. The smallest absolute Gasteiger partial charge is 0.253 e. The summed E-state index contributed by atoms with van der Waals surface area (Å²) in [6.45, 7) is 0.901. The molecule has 4 nitrogen and oxygen atoms in total. The summed E-state index contributed by atoms with van der Waals surface area (Å²) in [6, 6.07) is 5.36. The van der Waals surface area contributed by atoms with Crippen LogP contribution in [0.15, 0.2) is 18.2 Å². The predicted octanol–water partition coefficient (Wildman–Crippen LogP) is 2.62. The molecule has 0 radical (unpaired) electrons. The van der Waals surface area contributed by atoms with E-state index in [9.17, 15) is 4.79 Å². The maximum Gasteiger partial charge on any atom is 0.253 e. The molecule has 1 aromatic carbocycles. The lowest BCUT2D eigenvalue weighted by atomic mass is 10.0. The molecule has 0 heterocycles. The zero-order chi connectivity index (χ0) is 13.7. The van der Waals surface area contributed by atoms with Crippen LogP contribution in [0.2, 0.25) is 0 Å². The van der Waals surface area contributed by atoms with Crippen LogP contribution in [0.25, 0.3) is 0 Å². The van der Waals surface area contributed by atoms with Crippen molar-refractivity contribution in [2.45, 2.75) is 32.1 Å². The molecule has 0 unspecified atom stereocenters. The molecule has 0 atom stereocenters. The number of hydrogen-bond donors (Lipinski definition) is 3. The third kappa shape index (κ3) is 3.63. The standard InChI is InChI=1S/C15H23N3O/c1-17-15(19)13-7-6-12(16)10-14(13)18-9-8-11-4-2-3-5-11/h6-7,10-11,18H,2-5,8-9,16H2,1H3,(H,17,19). The lowest BCUT2D eigenvalue weighted by molar-refractivity contribution is 0.0964. The molecular formula is C15H23N3O. The molecule has 1 fully saturated rings. The summed E-state index contributed by atoms with van der Waals surface area (Å²) in [5, 5.41) is 6.01. The van der Waals surface area contributed by atoms with Crippen LogP contribution in [-0.4, -0.2) is 19.5 Å². The molecule has 1 aromatic rings. The van der Waals surface area contributed by atoms with Gasteiger partial charge in [-0.1, -0.05) is 25.7 Å². The predicted molar refractivity (Wildman–Crippen MR) is 79.3 cm³/mol. The van der Waals surface area contributed by atoms with Gasteiger partial charge in [-0.05, 0) is 30.5 Å². The fourth-order valence-electron chi connectivity index (χ4n) is 2.75. The van der Waals surface area contributed by atoms with E-state index in [0.717, 1.165) is 18.2 Å². The van der Waals surface area contributed by atoms with Gasteiger partial charge in [0.25, 0.3) is 5.91 Å². The molecule has 2 rings (SSSR count). The van der Waals surface area contributed by atoms with E-state index in [4.69, 9.17) is 5.73 Å². The highest BCUT2D eigenvalue weighted by Gasteiger charge is 2.15. The zero-order valence-corrected chi connectivity index (χ0v) is 11.5. The van der Waals surface area contributed by atoms with E-state index >= 15 is 0 Å². The van der Waals surface area contributed by atoms with Crippen molar-refractivity contribution in [2.24, 2.45) is 5.92 Å². The first-order valence-electron chi connectivity index (χ1n) is 7.06. The fourth-order valence-corrected chi connectivity index (χ4v) is 2.75. The molecule has 0 bridgehead atoms. The van der Waals surface area contributed by atoms with Crippen molar-refractivity contribution in [1.29, 1.82) is 0 Å². The van der Waals surface area contributed by atoms with Gasteiger partial charge >= 0.3 is 0 Å². The summed E-state index contributed by atoms with van der Waals surface area (Å²) in [6.07, 6.45) is 6.60. The number of nitrogens with one attached hydrogen (secondary N) is 2. The van der Waals surface area contributed by atoms with Gasteiger partial charge in [0.05, 0.1) is 5.56 Å². The third-order valence-electron chi connectivity index (χ3n) is 3.86. The molecule has 1 aliphatic rings. The average Bonchev–Trinajstić information content (AvgIpc) is 2.91. The lowest BCUT2D eigenvalue weighted by Gasteiger charge is -2.14. The van der Waals surface area contributed by atoms with E-state index in [1.807, 2.05) is 6.07 Å². The Balaban J connectivity index is 1.97. The number of carbonyl (C=O) groups excluding carboxylic acids is 1. The minimum Gasteiger partial charge on any atom is -0.399 e. The highest BCUT2D eigenvalue weighted by Crippen LogP contribution is 2.27. The van der Waals surface area contributed by atoms with E-state index in [1.54, 1.807) is 19.2 Å². The number of nitrogens with two attached hydrogens (primary N) is 1. The van der Waals surface area contributed by atoms with Gasteiger partial charge in [-0.2, -0.15) is 0 Å². The van der Waals surface area contributed by atoms with Crippen molar-refractivity contribution in [2.75, 3.05) is 24.6 Å². The molecule has 0 spiro atoms. The molecule has 4 heteroatoms. The molecule has 0 aliphatic heterocycles. The van der Waals surface area contributed by atoms with E-state index in [0.29, 0.717) is 11.3 Å². The van der Waals surface area contributed by atoms with Gasteiger partial charge in [-0.25, -0.2) is 0 Å². The first kappa shape index (κ1) is 13.7. The quantitative estimate of drug-likeness (QED) is 0.714. The van der Waals surface area contributed by atoms with Crippen LogP contribution in [0.4, 0.5) is 11.4 Å². The number of hydrogen-bond acceptors (Lipinski definition) is 3. The molecule has 0 saturated heterocycles. The lowest BCUT2D eigenvalue weighted by Crippen LogP contribution is -2.20. The Hall–Kier alpha value is -1.71. The molecule has 0 aromatic heterocycles. The normalized spacial score (nSPS) is 15.4. The minimum absolute atomic E-state index is 0.0802. The van der Waals surface area contributed by atoms with Crippen LogP contribution >= 0.6 is 0 Å². The van der Waals surface area contributed by atoms with Crippen LogP contribution in [0.1, 0.15) is 42.5 Å². The van der Waals surface area contributed by atoms with Gasteiger partial charge in [0.15, 0.2) is 0 Å². The van der Waals surface area contributed by atoms with Crippen molar-refractivity contribution in [3.05, 3.63) is 23.8 Å². The highest BCUT2D eigenvalue weighted by atomic mass is 16.1. The Morgan fingerprint density at radius 3 is 2.79 bits per heavy atom. The number of carbonyl (C=O) groups is 1. The van der Waals surface area contributed by atoms with Gasteiger partial charge in [0.2, 0.25) is 0 Å². The van der Waals surface area contributed by atoms with Crippen molar-refractivity contribution < 1.29 is 4.79 Å². The number of anilines is 2. The molecule has 1 amide bonds. The van der Waals surface area contributed by atoms with E-state index < -0.39 is 0 Å². The Kier molecular flexibility index (Phi) is 4.66. The topological polar surface area (TPSA) is 67.2 Å². The molecule has 19 heavy (non-hydrogen) atoms. The number of amides is 1. The maximum atomic E-state index is 11.8. The fraction of sp³-hybridized carbons (Fsp3) is 0.533. The number of benzene rings is 1. The van der Waals surface area contributed by atoms with Crippen molar-refractivity contribution in [3.63, 3.8) is 0 Å². The molecule has 1 saturated carbocycles. The first-order valence-corrected chi connectivity index (χ1v) is 7.06. The Morgan fingerprint density at radius 1 is 1.37 bits per heavy atom. The van der Waals surface area contributed by atoms with Crippen molar-refractivity contribution >= 4 is 17.3 Å². The largest absolute Gasteiger partial charge is 0.399 e. The minimum atomic E-state index is -0.0802. The second kappa shape index (κ2) is 6.45. The molecule has 104 valence electrons. The monoisotopic (exact) mass is 261 g/mol. The van der Waals surface area contributed by atoms with Gasteiger partial charge in [-0.15, -0.1) is 0 Å². The van der Waals surface area contributed by atoms with Gasteiger partial charge in [-0.3, -0.25) is 4.79 Å². The Bertz CT molecular complexity index is 439. The van der Waals surface area contributed by atoms with E-state index in [-0.39, 0.29) is 5.91 Å². The summed E-state index contributed by atoms with van der Waals surface area (Å²) in [7, 11) is 1.64. The van der Waals surface area contributed by atoms with Crippen LogP contribution in [0.5, 0.6) is 0 Å². The summed E-state index contributed by atoms with van der Waals surface area (Å²) in [5.41, 5.74) is 7.95. The summed E-state index contributed by atoms with van der Waals surface area (Å²) in [4.78, 5) is 11.8. The summed E-state index contributed by atoms with van der Waals surface area (Å²) < 4.78 is 0. The average molecular weight is 261 g/mol. The summed E-state index contributed by atoms with van der Waals surface area (Å²) >= 11 is 0. The maximum absolute atomic E-state index is 11.8. The number of rotatable bonds is 5. The second-order valence-electron chi connectivity index (χ2n) is 5.25. The van der Waals surface area contributed by atoms with Gasteiger partial charge in [0.1, 0.15) is 0 Å². The van der Waals surface area contributed by atoms with E-state index in [1.165, 1.54) is 32.1 Å². The molecule has 1 aliphatic carbocycles. The highest BCUT2D eigenvalue weighted by molar-refractivity contribution is 6.00. The first-order chi connectivity index (χ1) is 9.20. The van der Waals surface area contributed by atoms with Crippen LogP contribution in [0, 0.1) is 5.92 Å². The van der Waals surface area contributed by atoms with Crippen LogP contribution in [-0.2, 0) is 0 Å². The van der Waals surface area contributed by atoms with Gasteiger partial charge < -0.3 is 16.4 Å². The van der Waals surface area contributed by atoms with Gasteiger partial charge in [0, 0.05) is 25.0 Å². The van der Waals surface area contributed by atoms with Crippen LogP contribution in [0.3, 0.4) is 0 Å². The Labute approximate surface area is 114 Å². The SMILES string of the molecule is CNC(=O)c1ccc(N)cc1NCCC1CCCC1. The molecular weight excluding hydrogens is 238 g/mol. The molecule has 4 N–H and O–H groups in total. The number of nitrogen functional groups attached to an aromatic ring is 1.